The average molecular weight is 344 g/mol. The van der Waals surface area contributed by atoms with E-state index in [1.54, 1.807) is 25.3 Å². The molecule has 124 valence electrons. The minimum atomic E-state index is -0.440. The van der Waals surface area contributed by atoms with Crippen molar-refractivity contribution in [3.63, 3.8) is 0 Å². The number of nitrogens with zero attached hydrogens (tertiary/aromatic N) is 3. The second kappa shape index (κ2) is 8.21. The molecule has 3 aromatic rings. The number of aromatic nitrogens is 3. The molecule has 6 nitrogen and oxygen atoms in total. The van der Waals surface area contributed by atoms with Crippen molar-refractivity contribution in [2.24, 2.45) is 0 Å². The summed E-state index contributed by atoms with van der Waals surface area (Å²) in [5, 5.41) is 6.49. The maximum absolute atomic E-state index is 12.0. The topological polar surface area (TPSA) is 79.8 Å². The van der Waals surface area contributed by atoms with Gasteiger partial charge in [-0.3, -0.25) is 10.3 Å². The third-order valence-electron chi connectivity index (χ3n) is 2.91. The van der Waals surface area contributed by atoms with E-state index in [-0.39, 0.29) is 11.1 Å². The van der Waals surface area contributed by atoms with Gasteiger partial charge in [0.25, 0.3) is 0 Å². The number of anilines is 2. The summed E-state index contributed by atoms with van der Waals surface area (Å²) in [5.41, 5.74) is 2.19. The van der Waals surface area contributed by atoms with Gasteiger partial charge in [0.15, 0.2) is 0 Å². The van der Waals surface area contributed by atoms with Crippen LogP contribution < -0.4 is 10.6 Å². The van der Waals surface area contributed by atoms with Crippen molar-refractivity contribution in [2.75, 3.05) is 10.6 Å². The standard InChI is InChI=1S/C15H12ClN5O.C2H6/c1-9-7-13(16)20-14(18-9)21-15(22)19-11-4-5-12-10(8-11)3-2-6-17-12;1-2/h2-8H,1H3,(H2,18,19,20,21,22);1-2H3. The first-order chi connectivity index (χ1) is 11.6. The summed E-state index contributed by atoms with van der Waals surface area (Å²) in [7, 11) is 0. The van der Waals surface area contributed by atoms with E-state index in [9.17, 15) is 4.79 Å². The molecule has 0 aliphatic rings. The van der Waals surface area contributed by atoms with Crippen molar-refractivity contribution < 1.29 is 4.79 Å². The number of hydrogen-bond donors (Lipinski definition) is 2. The number of rotatable bonds is 2. The van der Waals surface area contributed by atoms with Gasteiger partial charge in [0.1, 0.15) is 5.15 Å². The minimum absolute atomic E-state index is 0.157. The number of benzene rings is 1. The van der Waals surface area contributed by atoms with E-state index in [0.29, 0.717) is 11.4 Å². The third kappa shape index (κ3) is 4.63. The van der Waals surface area contributed by atoms with E-state index in [2.05, 4.69) is 25.6 Å². The molecule has 0 aliphatic heterocycles. The van der Waals surface area contributed by atoms with Crippen LogP contribution in [0.5, 0.6) is 0 Å². The lowest BCUT2D eigenvalue weighted by Crippen LogP contribution is -2.21. The lowest BCUT2D eigenvalue weighted by atomic mass is 10.2. The Morgan fingerprint density at radius 2 is 1.88 bits per heavy atom. The van der Waals surface area contributed by atoms with Gasteiger partial charge in [0, 0.05) is 23.0 Å². The molecule has 2 amide bonds. The van der Waals surface area contributed by atoms with Crippen molar-refractivity contribution in [1.82, 2.24) is 15.0 Å². The fourth-order valence-electron chi connectivity index (χ4n) is 2.00. The molecule has 0 aliphatic carbocycles. The second-order valence-corrected chi connectivity index (χ2v) is 5.03. The smallest absolute Gasteiger partial charge is 0.308 e. The molecule has 0 atom stereocenters. The molecule has 1 aromatic carbocycles. The Morgan fingerprint density at radius 1 is 1.08 bits per heavy atom. The maximum atomic E-state index is 12.0. The third-order valence-corrected chi connectivity index (χ3v) is 3.10. The number of fused-ring (bicyclic) bond motifs is 1. The van der Waals surface area contributed by atoms with Gasteiger partial charge in [-0.2, -0.15) is 0 Å². The number of aryl methyl sites for hydroxylation is 1. The molecular weight excluding hydrogens is 326 g/mol. The quantitative estimate of drug-likeness (QED) is 0.663. The predicted octanol–water partition coefficient (Wildman–Crippen LogP) is 4.66. The zero-order chi connectivity index (χ0) is 17.5. The van der Waals surface area contributed by atoms with Gasteiger partial charge in [0.05, 0.1) is 5.52 Å². The van der Waals surface area contributed by atoms with Gasteiger partial charge < -0.3 is 5.32 Å². The van der Waals surface area contributed by atoms with Crippen LogP contribution in [0.4, 0.5) is 16.4 Å². The van der Waals surface area contributed by atoms with E-state index in [4.69, 9.17) is 11.6 Å². The summed E-state index contributed by atoms with van der Waals surface area (Å²) in [6, 6.07) is 10.4. The molecule has 0 saturated heterocycles. The van der Waals surface area contributed by atoms with E-state index in [1.807, 2.05) is 38.1 Å². The van der Waals surface area contributed by atoms with Crippen molar-refractivity contribution in [3.8, 4) is 0 Å². The molecule has 0 unspecified atom stereocenters. The summed E-state index contributed by atoms with van der Waals surface area (Å²) >= 11 is 5.83. The Balaban J connectivity index is 0.00000100. The highest BCUT2D eigenvalue weighted by Crippen LogP contribution is 2.17. The van der Waals surface area contributed by atoms with Crippen LogP contribution in [0.25, 0.3) is 10.9 Å². The number of nitrogens with one attached hydrogen (secondary N) is 2. The van der Waals surface area contributed by atoms with Crippen molar-refractivity contribution in [2.45, 2.75) is 20.8 Å². The monoisotopic (exact) mass is 343 g/mol. The molecule has 0 bridgehead atoms. The average Bonchev–Trinajstić information content (AvgIpc) is 2.55. The maximum Gasteiger partial charge on any atom is 0.326 e. The first kappa shape index (κ1) is 17.6. The van der Waals surface area contributed by atoms with Gasteiger partial charge in [0.2, 0.25) is 5.95 Å². The van der Waals surface area contributed by atoms with Crippen molar-refractivity contribution >= 4 is 40.2 Å². The fourth-order valence-corrected chi connectivity index (χ4v) is 2.24. The highest BCUT2D eigenvalue weighted by molar-refractivity contribution is 6.29. The number of urea groups is 1. The van der Waals surface area contributed by atoms with E-state index in [0.717, 1.165) is 10.9 Å². The highest BCUT2D eigenvalue weighted by Gasteiger charge is 2.07. The summed E-state index contributed by atoms with van der Waals surface area (Å²) in [4.78, 5) is 24.2. The lowest BCUT2D eigenvalue weighted by molar-refractivity contribution is 0.262. The van der Waals surface area contributed by atoms with Crippen LogP contribution in [-0.4, -0.2) is 21.0 Å². The Morgan fingerprint density at radius 3 is 2.62 bits per heavy atom. The summed E-state index contributed by atoms with van der Waals surface area (Å²) in [6.45, 7) is 5.77. The molecule has 2 aromatic heterocycles. The summed E-state index contributed by atoms with van der Waals surface area (Å²) in [5.74, 6) is 0.157. The Hall–Kier alpha value is -2.73. The Bertz CT molecular complexity index is 833. The second-order valence-electron chi connectivity index (χ2n) is 4.65. The SMILES string of the molecule is CC.Cc1cc(Cl)nc(NC(=O)Nc2ccc3ncccc3c2)n1. The van der Waals surface area contributed by atoms with E-state index >= 15 is 0 Å². The van der Waals surface area contributed by atoms with Crippen molar-refractivity contribution in [3.05, 3.63) is 53.4 Å². The van der Waals surface area contributed by atoms with Crippen LogP contribution in [0.1, 0.15) is 19.5 Å². The van der Waals surface area contributed by atoms with Gasteiger partial charge in [-0.15, -0.1) is 0 Å². The van der Waals surface area contributed by atoms with Crippen LogP contribution in [0.15, 0.2) is 42.6 Å². The molecular formula is C17H18ClN5O. The van der Waals surface area contributed by atoms with Crippen LogP contribution in [0.2, 0.25) is 5.15 Å². The van der Waals surface area contributed by atoms with Crippen LogP contribution in [-0.2, 0) is 0 Å². The predicted molar refractivity (Wildman–Crippen MR) is 97.5 cm³/mol. The lowest BCUT2D eigenvalue weighted by Gasteiger charge is -2.08. The van der Waals surface area contributed by atoms with E-state index < -0.39 is 6.03 Å². The van der Waals surface area contributed by atoms with Crippen molar-refractivity contribution in [1.29, 1.82) is 0 Å². The Kier molecular flexibility index (Phi) is 6.03. The summed E-state index contributed by atoms with van der Waals surface area (Å²) in [6.07, 6.45) is 1.72. The molecule has 3 rings (SSSR count). The van der Waals surface area contributed by atoms with Gasteiger partial charge in [-0.05, 0) is 37.3 Å². The molecule has 0 spiro atoms. The number of carbonyl (C=O) groups excluding carboxylic acids is 1. The molecule has 2 N–H and O–H groups in total. The number of hydrogen-bond acceptors (Lipinski definition) is 4. The number of amides is 2. The first-order valence-corrected chi connectivity index (χ1v) is 7.92. The van der Waals surface area contributed by atoms with Gasteiger partial charge in [-0.1, -0.05) is 31.5 Å². The highest BCUT2D eigenvalue weighted by atomic mass is 35.5. The van der Waals surface area contributed by atoms with Gasteiger partial charge in [-0.25, -0.2) is 14.8 Å². The van der Waals surface area contributed by atoms with Crippen LogP contribution in [0.3, 0.4) is 0 Å². The fraction of sp³-hybridized carbons (Fsp3) is 0.176. The van der Waals surface area contributed by atoms with Gasteiger partial charge >= 0.3 is 6.03 Å². The molecule has 24 heavy (non-hydrogen) atoms. The van der Waals surface area contributed by atoms with Crippen LogP contribution >= 0.6 is 11.6 Å². The first-order valence-electron chi connectivity index (χ1n) is 7.54. The largest absolute Gasteiger partial charge is 0.326 e. The molecule has 7 heteroatoms. The minimum Gasteiger partial charge on any atom is -0.308 e. The molecule has 0 radical (unpaired) electrons. The molecule has 0 saturated carbocycles. The zero-order valence-corrected chi connectivity index (χ0v) is 14.4. The summed E-state index contributed by atoms with van der Waals surface area (Å²) < 4.78 is 0. The zero-order valence-electron chi connectivity index (χ0n) is 13.7. The number of halogens is 1. The number of pyridine rings is 1. The number of carbonyl (C=O) groups is 1. The van der Waals surface area contributed by atoms with Crippen LogP contribution in [0, 0.1) is 6.92 Å². The normalized spacial score (nSPS) is 9.83. The van der Waals surface area contributed by atoms with E-state index in [1.165, 1.54) is 0 Å². The Labute approximate surface area is 145 Å². The molecule has 2 heterocycles. The molecule has 0 fully saturated rings.